The fourth-order valence-electron chi connectivity index (χ4n) is 10.2. The number of fused-ring (bicyclic) bond motifs is 4. The van der Waals surface area contributed by atoms with E-state index in [4.69, 9.17) is 15.3 Å². The van der Waals surface area contributed by atoms with Crippen molar-refractivity contribution < 1.29 is 55.3 Å². The van der Waals surface area contributed by atoms with Crippen LogP contribution in [0.2, 0.25) is 0 Å². The van der Waals surface area contributed by atoms with Crippen LogP contribution in [0.1, 0.15) is 0 Å². The Morgan fingerprint density at radius 1 is 0.255 bits per heavy atom. The molecule has 0 atom stereocenters. The van der Waals surface area contributed by atoms with Crippen molar-refractivity contribution >= 4 is 88.6 Å². The predicted octanol–water partition coefficient (Wildman–Crippen LogP) is -1.90. The number of rotatable bonds is 8. The number of aromatic amines is 8. The number of nitrogens with zero attached hydrogens (tertiary/aromatic N) is 4. The first kappa shape index (κ1) is 89.7. The standard InChI is InChI=1S/4C14H18N2.4C4H4N2O3.3CH4O/c4*1-15(2)12-9-5-7-11-8-6-10-13(14(11)12)16(3)4;4*7-2-1-3(8)6-4(9)5-2;3*1-2/h4*5-10H,1-4H3;4*1H,(H3,5,6,7,8,9);3*2H,1H3. The zero-order valence-electron chi connectivity index (χ0n) is 63.2. The first-order chi connectivity index (χ1) is 50.2. The van der Waals surface area contributed by atoms with Crippen LogP contribution in [0.25, 0.3) is 43.1 Å². The van der Waals surface area contributed by atoms with Gasteiger partial charge in [-0.1, -0.05) is 97.1 Å². The van der Waals surface area contributed by atoms with E-state index in [0.717, 1.165) is 45.6 Å². The van der Waals surface area contributed by atoms with Crippen molar-refractivity contribution in [1.82, 2.24) is 39.9 Å². The first-order valence-corrected chi connectivity index (χ1v) is 32.5. The molecule has 12 rings (SSSR count). The summed E-state index contributed by atoms with van der Waals surface area (Å²) in [6.07, 6.45) is 0. The Kier molecular flexibility index (Phi) is 38.0. The highest BCUT2D eigenvalue weighted by atomic mass is 16.3. The molecule has 8 aromatic carbocycles. The Morgan fingerprint density at radius 3 is 0.528 bits per heavy atom. The number of aliphatic hydroxyl groups excluding tert-OH is 3. The van der Waals surface area contributed by atoms with Crippen LogP contribution in [0, 0.1) is 0 Å². The molecule has 106 heavy (non-hydrogen) atoms. The summed E-state index contributed by atoms with van der Waals surface area (Å²) in [5.41, 5.74) is 4.75. The number of anilines is 4. The lowest BCUT2D eigenvalue weighted by molar-refractivity contribution is -0.785. The lowest BCUT2D eigenvalue weighted by Crippen LogP contribution is -3.00. The molecule has 0 aliphatic heterocycles. The van der Waals surface area contributed by atoms with Gasteiger partial charge in [0.2, 0.25) is 0 Å². The Hall–Kier alpha value is -12.4. The summed E-state index contributed by atoms with van der Waals surface area (Å²) in [5, 5.41) is 72.6. The normalized spacial score (nSPS) is 10.0. The van der Waals surface area contributed by atoms with Crippen LogP contribution < -0.4 is 105 Å². The van der Waals surface area contributed by atoms with Crippen molar-refractivity contribution in [2.24, 2.45) is 0 Å². The second kappa shape index (κ2) is 44.9. The molecular weight excluding hydrogens is 1360 g/mol. The SMILES string of the molecule is CN(C)c1cccc2cccc([NH+](C)C)c12.CN(C)c1cccc2cccc([NH+](C)C)c12.CN(C)c1cccc2cccc([NH+](C)C)c12.CN(C)c1cccc2cccc([NH+](C)C)c12.CO.CO.CO.O=c1cc([O-])[nH]c(=O)[nH]1.O=c1cc([O-])[nH]c(=O)[nH]1.O=c1cc([O-])[nH]c(=O)[nH]1.O=c1cc([O-])[nH]c(=O)[nH]1. The van der Waals surface area contributed by atoms with Gasteiger partial charge in [0.15, 0.2) is 0 Å². The van der Waals surface area contributed by atoms with Gasteiger partial charge >= 0.3 is 22.8 Å². The van der Waals surface area contributed by atoms with E-state index in [9.17, 15) is 58.8 Å². The Bertz CT molecular complexity index is 4260. The van der Waals surface area contributed by atoms with Crippen LogP contribution in [0.15, 0.2) is 208 Å². The fraction of sp³-hybridized carbons (Fsp3) is 0.253. The van der Waals surface area contributed by atoms with Gasteiger partial charge in [0, 0.05) is 102 Å². The first-order valence-electron chi connectivity index (χ1n) is 32.5. The van der Waals surface area contributed by atoms with Gasteiger partial charge in [-0.05, 0) is 93.6 Å². The van der Waals surface area contributed by atoms with Gasteiger partial charge in [0.1, 0.15) is 22.7 Å². The second-order valence-corrected chi connectivity index (χ2v) is 24.1. The highest BCUT2D eigenvalue weighted by Gasteiger charge is 2.16. The van der Waals surface area contributed by atoms with Gasteiger partial charge in [-0.2, -0.15) is 0 Å². The summed E-state index contributed by atoms with van der Waals surface area (Å²) in [7, 11) is 37.1. The number of quaternary nitrogens is 4. The number of aliphatic hydroxyl groups is 3. The van der Waals surface area contributed by atoms with Gasteiger partial charge < -0.3 is 94.9 Å². The predicted molar refractivity (Wildman–Crippen MR) is 416 cm³/mol. The summed E-state index contributed by atoms with van der Waals surface area (Å²) in [6.45, 7) is 0. The summed E-state index contributed by atoms with van der Waals surface area (Å²) in [5.74, 6) is -2.71. The highest BCUT2D eigenvalue weighted by molar-refractivity contribution is 6.03. The van der Waals surface area contributed by atoms with E-state index >= 15 is 0 Å². The van der Waals surface area contributed by atoms with Gasteiger partial charge in [0.25, 0.3) is 22.2 Å². The zero-order valence-corrected chi connectivity index (χ0v) is 63.2. The minimum atomic E-state index is -0.771. The summed E-state index contributed by atoms with van der Waals surface area (Å²) in [4.78, 5) is 111. The maximum atomic E-state index is 10.2. The van der Waals surface area contributed by atoms with Crippen molar-refractivity contribution in [2.75, 3.05) is 154 Å². The van der Waals surface area contributed by atoms with Crippen molar-refractivity contribution in [2.45, 2.75) is 0 Å². The molecule has 31 heteroatoms. The second-order valence-electron chi connectivity index (χ2n) is 24.1. The average molecular weight is 1470 g/mol. The summed E-state index contributed by atoms with van der Waals surface area (Å²) < 4.78 is 0. The van der Waals surface area contributed by atoms with Crippen LogP contribution in [-0.2, 0) is 0 Å². The maximum absolute atomic E-state index is 10.2. The molecule has 0 fully saturated rings. The topological polar surface area (TPSA) is 447 Å². The Morgan fingerprint density at radius 2 is 0.406 bits per heavy atom. The summed E-state index contributed by atoms with van der Waals surface area (Å²) in [6, 6.07) is 54.9. The van der Waals surface area contributed by atoms with Crippen molar-refractivity contribution in [3.63, 3.8) is 0 Å². The molecule has 0 aliphatic rings. The van der Waals surface area contributed by atoms with Crippen molar-refractivity contribution in [1.29, 1.82) is 0 Å². The quantitative estimate of drug-likeness (QED) is 0.0790. The molecule has 4 aromatic heterocycles. The van der Waals surface area contributed by atoms with Crippen LogP contribution in [0.4, 0.5) is 45.5 Å². The molecule has 0 unspecified atom stereocenters. The molecule has 0 bridgehead atoms. The van der Waals surface area contributed by atoms with E-state index in [2.05, 4.69) is 278 Å². The number of aromatic nitrogens is 8. The molecular formula is C75H100N16O15. The lowest BCUT2D eigenvalue weighted by atomic mass is 10.1. The van der Waals surface area contributed by atoms with Crippen molar-refractivity contribution in [3.05, 3.63) is 253 Å². The van der Waals surface area contributed by atoms with Crippen LogP contribution >= 0.6 is 0 Å². The number of benzene rings is 8. The molecule has 0 saturated heterocycles. The van der Waals surface area contributed by atoms with E-state index in [1.807, 2.05) is 39.9 Å². The third-order valence-electron chi connectivity index (χ3n) is 14.6. The van der Waals surface area contributed by atoms with E-state index in [0.29, 0.717) is 0 Å². The minimum Gasteiger partial charge on any atom is -0.860 e. The molecule has 0 aliphatic carbocycles. The van der Waals surface area contributed by atoms with Gasteiger partial charge in [0.05, 0.1) is 101 Å². The monoisotopic (exact) mass is 1460 g/mol. The Labute approximate surface area is 611 Å². The third kappa shape index (κ3) is 28.1. The van der Waals surface area contributed by atoms with E-state index < -0.39 is 68.5 Å². The zero-order chi connectivity index (χ0) is 80.2. The molecule has 31 nitrogen and oxygen atoms in total. The number of nitrogens with one attached hydrogen (secondary N) is 12. The van der Waals surface area contributed by atoms with Crippen molar-refractivity contribution in [3.8, 4) is 23.5 Å². The van der Waals surface area contributed by atoms with E-state index in [1.54, 1.807) is 0 Å². The van der Waals surface area contributed by atoms with Crippen LogP contribution in [-0.4, -0.2) is 189 Å². The molecule has 4 heterocycles. The van der Waals surface area contributed by atoms with Gasteiger partial charge in [-0.3, -0.25) is 39.1 Å². The smallest absolute Gasteiger partial charge is 0.325 e. The van der Waals surface area contributed by atoms with Gasteiger partial charge in [-0.15, -0.1) is 0 Å². The maximum Gasteiger partial charge on any atom is 0.325 e. The molecule has 0 amide bonds. The molecule has 15 N–H and O–H groups in total. The van der Waals surface area contributed by atoms with Crippen LogP contribution in [0.5, 0.6) is 23.5 Å². The third-order valence-corrected chi connectivity index (χ3v) is 14.6. The number of hydrogen-bond acceptors (Lipinski definition) is 19. The fourth-order valence-corrected chi connectivity index (χ4v) is 10.2. The highest BCUT2D eigenvalue weighted by Crippen LogP contribution is 2.33. The minimum absolute atomic E-state index is 0.677. The van der Waals surface area contributed by atoms with Gasteiger partial charge in [-0.25, -0.2) is 19.2 Å². The van der Waals surface area contributed by atoms with E-state index in [-0.39, 0.29) is 0 Å². The van der Waals surface area contributed by atoms with E-state index in [1.165, 1.54) is 108 Å². The van der Waals surface area contributed by atoms with Crippen LogP contribution in [0.3, 0.4) is 0 Å². The molecule has 12 aromatic rings. The molecule has 0 radical (unpaired) electrons. The molecule has 0 saturated carbocycles. The number of H-pyrrole nitrogens is 8. The molecule has 0 spiro atoms. The molecule has 570 valence electrons. The lowest BCUT2D eigenvalue weighted by Gasteiger charge is -2.18. The number of hydrogen-bond donors (Lipinski definition) is 15. The summed E-state index contributed by atoms with van der Waals surface area (Å²) >= 11 is 0. The average Bonchev–Trinajstić information content (AvgIpc) is 0.811. The Balaban J connectivity index is 0.000000412. The largest absolute Gasteiger partial charge is 0.860 e.